The number of carbonyl (C=O) groups is 2. The molecule has 0 fully saturated rings. The molecule has 2 aliphatic rings. The number of hydrogen-bond donors (Lipinski definition) is 1. The minimum Gasteiger partial charge on any atom is -0.493 e. The summed E-state index contributed by atoms with van der Waals surface area (Å²) in [6.45, 7) is 0. The molecule has 1 N–H and O–H groups in total. The van der Waals surface area contributed by atoms with E-state index in [4.69, 9.17) is 26.5 Å². The lowest BCUT2D eigenvalue weighted by Gasteiger charge is -2.23. The van der Waals surface area contributed by atoms with Crippen molar-refractivity contribution in [3.05, 3.63) is 64.2 Å². The van der Waals surface area contributed by atoms with Crippen LogP contribution < -0.4 is 9.47 Å². The predicted molar refractivity (Wildman–Crippen MR) is 129 cm³/mol. The maximum absolute atomic E-state index is 12.5. The fourth-order valence-corrected chi connectivity index (χ4v) is 5.10. The Morgan fingerprint density at radius 3 is 2.62 bits per heavy atom. The number of amides is 1. The summed E-state index contributed by atoms with van der Waals surface area (Å²) in [7, 11) is -2.38. The summed E-state index contributed by atoms with van der Waals surface area (Å²) >= 11 is 6.75. The van der Waals surface area contributed by atoms with Gasteiger partial charge in [-0.25, -0.2) is 18.1 Å². The highest BCUT2D eigenvalue weighted by atomic mass is 35.5. The molecule has 2 aliphatic heterocycles. The quantitative estimate of drug-likeness (QED) is 0.282. The fraction of sp³-hybridized carbons (Fsp3) is 0.0952. The monoisotopic (exact) mass is 518 g/mol. The Balaban J connectivity index is 1.64. The van der Waals surface area contributed by atoms with Crippen LogP contribution in [0.15, 0.2) is 57.4 Å². The first kappa shape index (κ1) is 23.7. The summed E-state index contributed by atoms with van der Waals surface area (Å²) in [5.41, 5.74) is 0.454. The zero-order valence-electron chi connectivity index (χ0n) is 17.6. The van der Waals surface area contributed by atoms with Gasteiger partial charge in [-0.15, -0.1) is 0 Å². The van der Waals surface area contributed by atoms with E-state index in [1.165, 1.54) is 37.5 Å². The largest absolute Gasteiger partial charge is 0.493 e. The van der Waals surface area contributed by atoms with Gasteiger partial charge in [-0.1, -0.05) is 29.8 Å². The molecule has 174 valence electrons. The molecule has 0 saturated carbocycles. The number of hydrogen-bond acceptors (Lipinski definition) is 9. The molecule has 1 amide bonds. The van der Waals surface area contributed by atoms with Crippen molar-refractivity contribution in [2.75, 3.05) is 13.4 Å². The molecule has 0 bridgehead atoms. The third-order valence-electron chi connectivity index (χ3n) is 4.62. The Hall–Kier alpha value is -3.48. The number of methoxy groups -OCH3 is 1. The molecular formula is C21H15ClN4O6S2. The van der Waals surface area contributed by atoms with Crippen LogP contribution in [0, 0.1) is 5.41 Å². The van der Waals surface area contributed by atoms with Crippen LogP contribution in [0.5, 0.6) is 11.5 Å². The highest BCUT2D eigenvalue weighted by Crippen LogP contribution is 2.33. The van der Waals surface area contributed by atoms with Gasteiger partial charge < -0.3 is 9.47 Å². The van der Waals surface area contributed by atoms with Gasteiger partial charge in [-0.05, 0) is 35.9 Å². The molecule has 0 radical (unpaired) electrons. The molecule has 2 heterocycles. The number of fused-ring (bicyclic) bond motifs is 1. The van der Waals surface area contributed by atoms with E-state index in [1.54, 1.807) is 18.2 Å². The molecule has 4 rings (SSSR count). The van der Waals surface area contributed by atoms with Crippen molar-refractivity contribution in [1.82, 2.24) is 4.90 Å². The smallest absolute Gasteiger partial charge is 0.345 e. The van der Waals surface area contributed by atoms with E-state index in [2.05, 4.69) is 9.39 Å². The highest BCUT2D eigenvalue weighted by Gasteiger charge is 2.41. The number of esters is 1. The van der Waals surface area contributed by atoms with E-state index in [-0.39, 0.29) is 43.8 Å². The van der Waals surface area contributed by atoms with Crippen LogP contribution in [-0.2, 0) is 14.6 Å². The van der Waals surface area contributed by atoms with Crippen molar-refractivity contribution in [1.29, 1.82) is 5.41 Å². The number of benzene rings is 2. The molecule has 13 heteroatoms. The van der Waals surface area contributed by atoms with Crippen LogP contribution in [0.25, 0.3) is 6.08 Å². The molecular weight excluding hydrogens is 504 g/mol. The van der Waals surface area contributed by atoms with E-state index in [1.807, 2.05) is 0 Å². The number of nitrogens with one attached hydrogen (secondary N) is 1. The van der Waals surface area contributed by atoms with Crippen molar-refractivity contribution < 1.29 is 27.5 Å². The van der Waals surface area contributed by atoms with E-state index in [0.29, 0.717) is 17.5 Å². The van der Waals surface area contributed by atoms with E-state index < -0.39 is 21.7 Å². The number of halogens is 1. The SMILES string of the molecule is COc1cc(/C=C2/C(=N)N3C(=NC2=O)SN=C3S(C)(=O)=O)ccc1OC(=O)c1ccccc1Cl. The number of aliphatic imine (C=N–C) groups is 1. The van der Waals surface area contributed by atoms with Crippen LogP contribution in [0.3, 0.4) is 0 Å². The number of rotatable bonds is 4. The van der Waals surface area contributed by atoms with Gasteiger partial charge in [-0.2, -0.15) is 9.39 Å². The summed E-state index contributed by atoms with van der Waals surface area (Å²) in [6, 6.07) is 10.9. The summed E-state index contributed by atoms with van der Waals surface area (Å²) in [5, 5.41) is 8.25. The summed E-state index contributed by atoms with van der Waals surface area (Å²) < 4.78 is 38.5. The normalized spacial score (nSPS) is 16.8. The molecule has 0 aliphatic carbocycles. The van der Waals surface area contributed by atoms with Crippen LogP contribution in [0.4, 0.5) is 0 Å². The first-order chi connectivity index (χ1) is 16.1. The zero-order chi connectivity index (χ0) is 24.6. The average Bonchev–Trinajstić information content (AvgIpc) is 3.22. The first-order valence-corrected chi connectivity index (χ1v) is 12.5. The van der Waals surface area contributed by atoms with E-state index in [0.717, 1.165) is 11.2 Å². The molecule has 0 unspecified atom stereocenters. The summed E-state index contributed by atoms with van der Waals surface area (Å²) in [5.74, 6) is -1.48. The topological polar surface area (TPSA) is 139 Å². The van der Waals surface area contributed by atoms with Crippen molar-refractivity contribution >= 4 is 67.5 Å². The number of nitrogens with zero attached hydrogens (tertiary/aromatic N) is 3. The molecule has 10 nitrogen and oxygen atoms in total. The minimum absolute atomic E-state index is 0.00742. The summed E-state index contributed by atoms with van der Waals surface area (Å²) in [4.78, 5) is 29.8. The van der Waals surface area contributed by atoms with Crippen LogP contribution >= 0.6 is 23.5 Å². The van der Waals surface area contributed by atoms with Gasteiger partial charge in [0.1, 0.15) is 5.84 Å². The maximum atomic E-state index is 12.5. The fourth-order valence-electron chi connectivity index (χ4n) is 3.04. The minimum atomic E-state index is -3.76. The zero-order valence-corrected chi connectivity index (χ0v) is 20.0. The second kappa shape index (κ2) is 9.05. The van der Waals surface area contributed by atoms with Crippen molar-refractivity contribution in [2.45, 2.75) is 0 Å². The Bertz CT molecular complexity index is 1450. The molecule has 2 aromatic rings. The van der Waals surface area contributed by atoms with Crippen molar-refractivity contribution in [2.24, 2.45) is 9.39 Å². The maximum Gasteiger partial charge on any atom is 0.345 e. The van der Waals surface area contributed by atoms with E-state index in [9.17, 15) is 18.0 Å². The van der Waals surface area contributed by atoms with Crippen molar-refractivity contribution in [3.8, 4) is 11.5 Å². The van der Waals surface area contributed by atoms with Gasteiger partial charge in [-0.3, -0.25) is 10.2 Å². The second-order valence-electron chi connectivity index (χ2n) is 6.96. The average molecular weight is 519 g/mol. The Kier molecular flexibility index (Phi) is 6.30. The van der Waals surface area contributed by atoms with Crippen LogP contribution in [-0.4, -0.2) is 54.7 Å². The Morgan fingerprint density at radius 1 is 1.21 bits per heavy atom. The molecule has 0 spiro atoms. The molecule has 2 aromatic carbocycles. The van der Waals surface area contributed by atoms with E-state index >= 15 is 0 Å². The third kappa shape index (κ3) is 4.47. The van der Waals surface area contributed by atoms with Gasteiger partial charge in [0.05, 0.1) is 35.2 Å². The second-order valence-corrected chi connectivity index (χ2v) is 10.0. The summed E-state index contributed by atoms with van der Waals surface area (Å²) in [6.07, 6.45) is 2.31. The Morgan fingerprint density at radius 2 is 1.94 bits per heavy atom. The standard InChI is InChI=1S/C21H15ClN4O6S2/c1-31-16-10-11(7-8-15(16)32-19(28)12-5-3-4-6-14(12)22)9-13-17(23)26-20(24-18(13)27)33-25-21(26)34(2,29)30/h3-10,23H,1-2H3/b13-9-,23-17?. The number of amidine groups is 3. The number of sulfone groups is 1. The highest BCUT2D eigenvalue weighted by molar-refractivity contribution is 8.16. The van der Waals surface area contributed by atoms with Crippen LogP contribution in [0.2, 0.25) is 5.02 Å². The third-order valence-corrected chi connectivity index (χ3v) is 6.70. The number of ether oxygens (including phenoxy) is 2. The van der Waals surface area contributed by atoms with Gasteiger partial charge in [0.15, 0.2) is 11.5 Å². The number of carbonyl (C=O) groups excluding carboxylic acids is 2. The molecule has 0 atom stereocenters. The lowest BCUT2D eigenvalue weighted by molar-refractivity contribution is -0.114. The van der Waals surface area contributed by atoms with Gasteiger partial charge >= 0.3 is 5.97 Å². The first-order valence-electron chi connectivity index (χ1n) is 9.43. The van der Waals surface area contributed by atoms with Gasteiger partial charge in [0.2, 0.25) is 20.2 Å². The molecule has 0 aromatic heterocycles. The van der Waals surface area contributed by atoms with Crippen molar-refractivity contribution in [3.63, 3.8) is 0 Å². The molecule has 34 heavy (non-hydrogen) atoms. The van der Waals surface area contributed by atoms with Gasteiger partial charge in [0, 0.05) is 6.26 Å². The Labute approximate surface area is 203 Å². The molecule has 0 saturated heterocycles. The van der Waals surface area contributed by atoms with Crippen LogP contribution in [0.1, 0.15) is 15.9 Å². The predicted octanol–water partition coefficient (Wildman–Crippen LogP) is 3.19. The lowest BCUT2D eigenvalue weighted by Crippen LogP contribution is -2.45. The lowest BCUT2D eigenvalue weighted by atomic mass is 10.1. The van der Waals surface area contributed by atoms with Gasteiger partial charge in [0.25, 0.3) is 5.91 Å².